The number of thiazole rings is 1. The first-order valence-corrected chi connectivity index (χ1v) is 6.41. The van der Waals surface area contributed by atoms with Gasteiger partial charge in [0.05, 0.1) is 15.2 Å². The van der Waals surface area contributed by atoms with E-state index in [9.17, 15) is 0 Å². The van der Waals surface area contributed by atoms with Crippen molar-refractivity contribution < 1.29 is 0 Å². The summed E-state index contributed by atoms with van der Waals surface area (Å²) in [7, 11) is 0. The zero-order chi connectivity index (χ0) is 11.8. The summed E-state index contributed by atoms with van der Waals surface area (Å²) in [6.45, 7) is 6.23. The van der Waals surface area contributed by atoms with E-state index in [-0.39, 0.29) is 5.54 Å². The molecule has 3 heteroatoms. The molecular weight excluding hydrogens is 216 g/mol. The van der Waals surface area contributed by atoms with E-state index in [0.717, 1.165) is 18.4 Å². The zero-order valence-electron chi connectivity index (χ0n) is 10.1. The molecular formula is C13H18N2S. The maximum absolute atomic E-state index is 5.98. The molecule has 0 bridgehead atoms. The fourth-order valence-corrected chi connectivity index (χ4v) is 2.71. The molecule has 0 saturated carbocycles. The van der Waals surface area contributed by atoms with Crippen LogP contribution < -0.4 is 5.73 Å². The predicted octanol–water partition coefficient (Wildman–Crippen LogP) is 3.27. The largest absolute Gasteiger partial charge is 0.326 e. The van der Waals surface area contributed by atoms with E-state index < -0.39 is 0 Å². The Labute approximate surface area is 101 Å². The third-order valence-electron chi connectivity index (χ3n) is 2.65. The van der Waals surface area contributed by atoms with Crippen LogP contribution in [-0.4, -0.2) is 10.5 Å². The van der Waals surface area contributed by atoms with Crippen LogP contribution in [0.5, 0.6) is 0 Å². The van der Waals surface area contributed by atoms with E-state index in [1.807, 2.05) is 0 Å². The first-order chi connectivity index (χ1) is 7.46. The molecule has 1 heterocycles. The van der Waals surface area contributed by atoms with Crippen molar-refractivity contribution in [3.8, 4) is 0 Å². The molecule has 0 unspecified atom stereocenters. The Hall–Kier alpha value is -0.930. The van der Waals surface area contributed by atoms with Crippen molar-refractivity contribution in [1.82, 2.24) is 4.98 Å². The highest BCUT2D eigenvalue weighted by molar-refractivity contribution is 7.18. The second kappa shape index (κ2) is 4.15. The summed E-state index contributed by atoms with van der Waals surface area (Å²) in [5.74, 6) is 0. The van der Waals surface area contributed by atoms with Gasteiger partial charge in [0, 0.05) is 12.0 Å². The van der Waals surface area contributed by atoms with Crippen molar-refractivity contribution in [2.75, 3.05) is 0 Å². The van der Waals surface area contributed by atoms with E-state index in [2.05, 4.69) is 44.0 Å². The molecule has 0 radical (unpaired) electrons. The normalized spacial score (nSPS) is 12.2. The molecule has 0 spiro atoms. The number of aromatic nitrogens is 1. The average Bonchev–Trinajstić information content (AvgIpc) is 2.58. The molecule has 1 aromatic carbocycles. The van der Waals surface area contributed by atoms with Crippen LogP contribution in [0, 0.1) is 6.92 Å². The first kappa shape index (κ1) is 11.6. The van der Waals surface area contributed by atoms with Crippen LogP contribution in [0.25, 0.3) is 10.2 Å². The summed E-state index contributed by atoms with van der Waals surface area (Å²) in [5, 5.41) is 1.20. The van der Waals surface area contributed by atoms with Crippen molar-refractivity contribution in [3.05, 3.63) is 28.8 Å². The third kappa shape index (κ3) is 2.60. The standard InChI is InChI=1S/C13H18N2S/c1-9-5-4-6-10-12(9)15-11(16-10)7-8-13(2,3)14/h4-6H,7-8,14H2,1-3H3. The molecule has 0 aliphatic rings. The van der Waals surface area contributed by atoms with Gasteiger partial charge in [-0.1, -0.05) is 12.1 Å². The summed E-state index contributed by atoms with van der Waals surface area (Å²) >= 11 is 1.79. The maximum Gasteiger partial charge on any atom is 0.0939 e. The lowest BCUT2D eigenvalue weighted by atomic mass is 10.0. The molecule has 0 fully saturated rings. The number of para-hydroxylation sites is 1. The Bertz CT molecular complexity index is 494. The Morgan fingerprint density at radius 2 is 2.12 bits per heavy atom. The zero-order valence-corrected chi connectivity index (χ0v) is 10.9. The topological polar surface area (TPSA) is 38.9 Å². The number of nitrogens with two attached hydrogens (primary N) is 1. The molecule has 2 nitrogen and oxygen atoms in total. The number of benzene rings is 1. The van der Waals surface area contributed by atoms with Crippen molar-refractivity contribution >= 4 is 21.6 Å². The Morgan fingerprint density at radius 1 is 1.38 bits per heavy atom. The fourth-order valence-electron chi connectivity index (χ4n) is 1.67. The van der Waals surface area contributed by atoms with Gasteiger partial charge in [0.15, 0.2) is 0 Å². The number of aryl methyl sites for hydroxylation is 2. The van der Waals surface area contributed by atoms with Gasteiger partial charge in [-0.2, -0.15) is 0 Å². The fraction of sp³-hybridized carbons (Fsp3) is 0.462. The maximum atomic E-state index is 5.98. The van der Waals surface area contributed by atoms with E-state index in [4.69, 9.17) is 5.73 Å². The number of fused-ring (bicyclic) bond motifs is 1. The van der Waals surface area contributed by atoms with E-state index >= 15 is 0 Å². The molecule has 0 saturated heterocycles. The molecule has 0 amide bonds. The molecule has 2 N–H and O–H groups in total. The highest BCUT2D eigenvalue weighted by Gasteiger charge is 2.12. The van der Waals surface area contributed by atoms with E-state index in [1.54, 1.807) is 11.3 Å². The van der Waals surface area contributed by atoms with Gasteiger partial charge in [0.2, 0.25) is 0 Å². The Kier molecular flexibility index (Phi) is 3.00. The highest BCUT2D eigenvalue weighted by Crippen LogP contribution is 2.26. The van der Waals surface area contributed by atoms with Gasteiger partial charge in [-0.25, -0.2) is 4.98 Å². The number of hydrogen-bond donors (Lipinski definition) is 1. The Balaban J connectivity index is 2.24. The van der Waals surface area contributed by atoms with Gasteiger partial charge in [-0.05, 0) is 38.8 Å². The van der Waals surface area contributed by atoms with Crippen LogP contribution in [-0.2, 0) is 6.42 Å². The van der Waals surface area contributed by atoms with Crippen molar-refractivity contribution in [3.63, 3.8) is 0 Å². The quantitative estimate of drug-likeness (QED) is 0.885. The van der Waals surface area contributed by atoms with Gasteiger partial charge in [-0.3, -0.25) is 0 Å². The van der Waals surface area contributed by atoms with E-state index in [1.165, 1.54) is 15.3 Å². The SMILES string of the molecule is Cc1cccc2sc(CCC(C)(C)N)nc12. The van der Waals surface area contributed by atoms with Crippen molar-refractivity contribution in [2.45, 2.75) is 39.2 Å². The second-order valence-electron chi connectivity index (χ2n) is 5.02. The molecule has 0 atom stereocenters. The lowest BCUT2D eigenvalue weighted by molar-refractivity contribution is 0.476. The molecule has 0 aliphatic heterocycles. The van der Waals surface area contributed by atoms with E-state index in [0.29, 0.717) is 0 Å². The summed E-state index contributed by atoms with van der Waals surface area (Å²) in [5.41, 5.74) is 8.29. The van der Waals surface area contributed by atoms with Crippen LogP contribution in [0.4, 0.5) is 0 Å². The van der Waals surface area contributed by atoms with Gasteiger partial charge < -0.3 is 5.73 Å². The van der Waals surface area contributed by atoms with Crippen LogP contribution in [0.1, 0.15) is 30.8 Å². The van der Waals surface area contributed by atoms with Crippen molar-refractivity contribution in [1.29, 1.82) is 0 Å². The monoisotopic (exact) mass is 234 g/mol. The molecule has 86 valence electrons. The lowest BCUT2D eigenvalue weighted by Crippen LogP contribution is -2.32. The number of nitrogens with zero attached hydrogens (tertiary/aromatic N) is 1. The highest BCUT2D eigenvalue weighted by atomic mass is 32.1. The lowest BCUT2D eigenvalue weighted by Gasteiger charge is -2.16. The van der Waals surface area contributed by atoms with Gasteiger partial charge in [-0.15, -0.1) is 11.3 Å². The van der Waals surface area contributed by atoms with Crippen molar-refractivity contribution in [2.24, 2.45) is 5.73 Å². The summed E-state index contributed by atoms with van der Waals surface area (Å²) < 4.78 is 1.28. The second-order valence-corrected chi connectivity index (χ2v) is 6.13. The Morgan fingerprint density at radius 3 is 2.75 bits per heavy atom. The minimum atomic E-state index is -0.104. The summed E-state index contributed by atoms with van der Waals surface area (Å²) in [6.07, 6.45) is 1.95. The third-order valence-corrected chi connectivity index (χ3v) is 3.73. The van der Waals surface area contributed by atoms with Crippen LogP contribution >= 0.6 is 11.3 Å². The van der Waals surface area contributed by atoms with Gasteiger partial charge in [0.1, 0.15) is 0 Å². The van der Waals surface area contributed by atoms with Crippen LogP contribution in [0.2, 0.25) is 0 Å². The summed E-state index contributed by atoms with van der Waals surface area (Å²) in [6, 6.07) is 6.34. The van der Waals surface area contributed by atoms with Crippen LogP contribution in [0.3, 0.4) is 0 Å². The van der Waals surface area contributed by atoms with Gasteiger partial charge in [0.25, 0.3) is 0 Å². The summed E-state index contributed by atoms with van der Waals surface area (Å²) in [4.78, 5) is 4.68. The first-order valence-electron chi connectivity index (χ1n) is 5.60. The molecule has 0 aliphatic carbocycles. The molecule has 1 aromatic heterocycles. The number of rotatable bonds is 3. The number of hydrogen-bond acceptors (Lipinski definition) is 3. The molecule has 2 rings (SSSR count). The van der Waals surface area contributed by atoms with Crippen LogP contribution in [0.15, 0.2) is 18.2 Å². The minimum absolute atomic E-state index is 0.104. The van der Waals surface area contributed by atoms with Gasteiger partial charge >= 0.3 is 0 Å². The minimum Gasteiger partial charge on any atom is -0.326 e. The average molecular weight is 234 g/mol. The molecule has 16 heavy (non-hydrogen) atoms. The predicted molar refractivity (Wildman–Crippen MR) is 70.9 cm³/mol. The molecule has 2 aromatic rings. The smallest absolute Gasteiger partial charge is 0.0939 e.